The van der Waals surface area contributed by atoms with E-state index >= 15 is 0 Å². The number of nitrogens with zero attached hydrogens (tertiary/aromatic N) is 4. The zero-order valence-electron chi connectivity index (χ0n) is 13.8. The monoisotopic (exact) mass is 367 g/mol. The summed E-state index contributed by atoms with van der Waals surface area (Å²) in [6.45, 7) is 1.24. The Labute approximate surface area is 148 Å². The number of aromatic nitrogens is 3. The molecule has 1 saturated heterocycles. The second-order valence-electron chi connectivity index (χ2n) is 5.97. The average Bonchev–Trinajstić information content (AvgIpc) is 3.01. The van der Waals surface area contributed by atoms with Crippen LogP contribution in [0.4, 0.5) is 14.5 Å². The van der Waals surface area contributed by atoms with E-state index in [1.165, 1.54) is 17.8 Å². The average molecular weight is 367 g/mol. The Morgan fingerprint density at radius 3 is 2.96 bits per heavy atom. The van der Waals surface area contributed by atoms with Crippen LogP contribution in [-0.2, 0) is 11.8 Å². The number of carbonyl (C=O) groups is 1. The van der Waals surface area contributed by atoms with Crippen molar-refractivity contribution in [3.05, 3.63) is 36.2 Å². The van der Waals surface area contributed by atoms with Crippen molar-refractivity contribution < 1.29 is 13.6 Å². The van der Waals surface area contributed by atoms with Crippen LogP contribution in [0.5, 0.6) is 0 Å². The quantitative estimate of drug-likeness (QED) is 0.822. The van der Waals surface area contributed by atoms with Crippen molar-refractivity contribution in [3.63, 3.8) is 0 Å². The van der Waals surface area contributed by atoms with Crippen molar-refractivity contribution in [2.45, 2.75) is 24.0 Å². The van der Waals surface area contributed by atoms with Crippen LogP contribution in [0.25, 0.3) is 0 Å². The van der Waals surface area contributed by atoms with Crippen LogP contribution in [0.3, 0.4) is 0 Å². The lowest BCUT2D eigenvalue weighted by atomic mass is 10.1. The predicted molar refractivity (Wildman–Crippen MR) is 91.3 cm³/mol. The highest BCUT2D eigenvalue weighted by atomic mass is 32.2. The third-order valence-electron chi connectivity index (χ3n) is 4.06. The van der Waals surface area contributed by atoms with Crippen LogP contribution in [0.15, 0.2) is 29.7 Å². The number of anilines is 1. The van der Waals surface area contributed by atoms with E-state index in [-0.39, 0.29) is 11.9 Å². The van der Waals surface area contributed by atoms with Crippen LogP contribution >= 0.6 is 11.8 Å². The van der Waals surface area contributed by atoms with Crippen molar-refractivity contribution >= 4 is 23.4 Å². The van der Waals surface area contributed by atoms with Crippen molar-refractivity contribution in [2.75, 3.05) is 24.2 Å². The Balaban J connectivity index is 1.54. The molecule has 1 aliphatic heterocycles. The maximum atomic E-state index is 13.3. The third-order valence-corrected chi connectivity index (χ3v) is 5.08. The Bertz CT molecular complexity index is 754. The minimum atomic E-state index is -0.881. The molecule has 3 rings (SSSR count). The van der Waals surface area contributed by atoms with E-state index in [1.54, 1.807) is 15.8 Å². The topological polar surface area (TPSA) is 63.1 Å². The van der Waals surface area contributed by atoms with E-state index in [4.69, 9.17) is 0 Å². The molecule has 1 aliphatic rings. The Morgan fingerprint density at radius 2 is 2.24 bits per heavy atom. The second kappa shape index (κ2) is 7.81. The summed E-state index contributed by atoms with van der Waals surface area (Å²) < 4.78 is 28.1. The first-order valence-electron chi connectivity index (χ1n) is 7.99. The number of thioether (sulfide) groups is 1. The second-order valence-corrected chi connectivity index (χ2v) is 6.91. The molecule has 2 aromatic rings. The van der Waals surface area contributed by atoms with Crippen LogP contribution in [0.1, 0.15) is 12.8 Å². The van der Waals surface area contributed by atoms with E-state index < -0.39 is 11.6 Å². The number of hydrogen-bond acceptors (Lipinski definition) is 5. The molecule has 0 aliphatic carbocycles. The maximum absolute atomic E-state index is 13.3. The highest BCUT2D eigenvalue weighted by Gasteiger charge is 2.24. The molecule has 0 bridgehead atoms. The van der Waals surface area contributed by atoms with E-state index in [2.05, 4.69) is 15.5 Å². The van der Waals surface area contributed by atoms with E-state index in [0.717, 1.165) is 25.0 Å². The van der Waals surface area contributed by atoms with E-state index in [1.807, 2.05) is 7.05 Å². The Morgan fingerprint density at radius 1 is 1.40 bits per heavy atom. The van der Waals surface area contributed by atoms with Gasteiger partial charge in [-0.1, -0.05) is 11.8 Å². The fourth-order valence-electron chi connectivity index (χ4n) is 2.76. The standard InChI is InChI=1S/C16H19F2N5OS/c1-22-10-19-21-16(22)25-9-15(24)23-6-2-3-12(8-23)20-11-4-5-13(17)14(18)7-11/h4-5,7,10,12,20H,2-3,6,8-9H2,1H3/t12-/m0/s1. The third kappa shape index (κ3) is 4.47. The number of carbonyl (C=O) groups excluding carboxylic acids is 1. The number of likely N-dealkylation sites (tertiary alicyclic amines) is 1. The fraction of sp³-hybridized carbons (Fsp3) is 0.438. The van der Waals surface area contributed by atoms with Gasteiger partial charge in [-0.05, 0) is 25.0 Å². The number of hydrogen-bond donors (Lipinski definition) is 1. The largest absolute Gasteiger partial charge is 0.380 e. The lowest BCUT2D eigenvalue weighted by Gasteiger charge is -2.33. The number of nitrogens with one attached hydrogen (secondary N) is 1. The minimum absolute atomic E-state index is 0.0161. The highest BCUT2D eigenvalue weighted by molar-refractivity contribution is 7.99. The molecule has 6 nitrogen and oxygen atoms in total. The molecule has 9 heteroatoms. The van der Waals surface area contributed by atoms with Gasteiger partial charge < -0.3 is 14.8 Å². The molecular formula is C16H19F2N5OS. The van der Waals surface area contributed by atoms with Gasteiger partial charge in [0.25, 0.3) is 0 Å². The molecule has 0 radical (unpaired) electrons. The molecule has 1 aromatic carbocycles. The van der Waals surface area contributed by atoms with Crippen molar-refractivity contribution in [1.82, 2.24) is 19.7 Å². The molecule has 25 heavy (non-hydrogen) atoms. The molecule has 1 fully saturated rings. The lowest BCUT2D eigenvalue weighted by molar-refractivity contribution is -0.129. The zero-order chi connectivity index (χ0) is 17.8. The zero-order valence-corrected chi connectivity index (χ0v) is 14.6. The number of rotatable bonds is 5. The van der Waals surface area contributed by atoms with Crippen LogP contribution in [-0.4, -0.2) is 50.5 Å². The predicted octanol–water partition coefficient (Wildman–Crippen LogP) is 2.29. The van der Waals surface area contributed by atoms with E-state index in [0.29, 0.717) is 29.7 Å². The molecule has 0 spiro atoms. The molecule has 1 atom stereocenters. The number of piperidine rings is 1. The normalized spacial score (nSPS) is 17.6. The summed E-state index contributed by atoms with van der Waals surface area (Å²) in [7, 11) is 1.83. The van der Waals surface area contributed by atoms with Gasteiger partial charge in [-0.3, -0.25) is 4.79 Å². The Kier molecular flexibility index (Phi) is 5.52. The summed E-state index contributed by atoms with van der Waals surface area (Å²) in [6.07, 6.45) is 3.33. The molecule has 1 N–H and O–H groups in total. The van der Waals surface area contributed by atoms with Gasteiger partial charge in [0, 0.05) is 37.9 Å². The number of amides is 1. The van der Waals surface area contributed by atoms with Crippen molar-refractivity contribution in [1.29, 1.82) is 0 Å². The Hall–Kier alpha value is -2.16. The number of aryl methyl sites for hydroxylation is 1. The van der Waals surface area contributed by atoms with Gasteiger partial charge >= 0.3 is 0 Å². The highest BCUT2D eigenvalue weighted by Crippen LogP contribution is 2.20. The molecule has 0 saturated carbocycles. The van der Waals surface area contributed by atoms with Crippen LogP contribution < -0.4 is 5.32 Å². The summed E-state index contributed by atoms with van der Waals surface area (Å²) in [4.78, 5) is 14.2. The summed E-state index contributed by atoms with van der Waals surface area (Å²) in [5.41, 5.74) is 0.520. The van der Waals surface area contributed by atoms with Crippen LogP contribution in [0, 0.1) is 11.6 Å². The maximum Gasteiger partial charge on any atom is 0.233 e. The van der Waals surface area contributed by atoms with Gasteiger partial charge in [0.1, 0.15) is 6.33 Å². The molecule has 0 unspecified atom stereocenters. The summed E-state index contributed by atoms with van der Waals surface area (Å²) in [6, 6.07) is 3.76. The first-order chi connectivity index (χ1) is 12.0. The summed E-state index contributed by atoms with van der Waals surface area (Å²) >= 11 is 1.35. The van der Waals surface area contributed by atoms with Gasteiger partial charge in [-0.2, -0.15) is 0 Å². The molecule has 134 valence electrons. The van der Waals surface area contributed by atoms with Crippen molar-refractivity contribution in [2.24, 2.45) is 7.05 Å². The SMILES string of the molecule is Cn1cnnc1SCC(=O)N1CCC[C@H](Nc2ccc(F)c(F)c2)C1. The van der Waals surface area contributed by atoms with Gasteiger partial charge in [0.15, 0.2) is 16.8 Å². The summed E-state index contributed by atoms with van der Waals surface area (Å²) in [5, 5.41) is 11.6. The van der Waals surface area contributed by atoms with Gasteiger partial charge in [0.05, 0.1) is 5.75 Å². The smallest absolute Gasteiger partial charge is 0.233 e. The molecule has 1 aromatic heterocycles. The van der Waals surface area contributed by atoms with Gasteiger partial charge in [-0.15, -0.1) is 10.2 Å². The number of benzene rings is 1. The fourth-order valence-corrected chi connectivity index (χ4v) is 3.55. The lowest BCUT2D eigenvalue weighted by Crippen LogP contribution is -2.45. The molecule has 2 heterocycles. The van der Waals surface area contributed by atoms with Gasteiger partial charge in [-0.25, -0.2) is 8.78 Å². The molecule has 1 amide bonds. The van der Waals surface area contributed by atoms with Crippen molar-refractivity contribution in [3.8, 4) is 0 Å². The first kappa shape index (κ1) is 17.7. The number of halogens is 2. The van der Waals surface area contributed by atoms with Gasteiger partial charge in [0.2, 0.25) is 5.91 Å². The van der Waals surface area contributed by atoms with Crippen LogP contribution in [0.2, 0.25) is 0 Å². The summed E-state index contributed by atoms with van der Waals surface area (Å²) in [5.74, 6) is -1.42. The molecular weight excluding hydrogens is 348 g/mol. The first-order valence-corrected chi connectivity index (χ1v) is 8.97. The minimum Gasteiger partial charge on any atom is -0.380 e. The van der Waals surface area contributed by atoms with E-state index in [9.17, 15) is 13.6 Å².